The second kappa shape index (κ2) is 8.29. The predicted molar refractivity (Wildman–Crippen MR) is 106 cm³/mol. The Morgan fingerprint density at radius 3 is 2.46 bits per heavy atom. The van der Waals surface area contributed by atoms with Crippen molar-refractivity contribution in [2.45, 2.75) is 5.16 Å². The molecule has 0 saturated heterocycles. The van der Waals surface area contributed by atoms with Crippen LogP contribution < -0.4 is 9.47 Å². The molecule has 0 unspecified atom stereocenters. The second-order valence-corrected chi connectivity index (χ2v) is 6.82. The minimum absolute atomic E-state index is 0.543. The van der Waals surface area contributed by atoms with Gasteiger partial charge in [0.25, 0.3) is 0 Å². The van der Waals surface area contributed by atoms with Crippen LogP contribution in [-0.4, -0.2) is 34.7 Å². The molecule has 1 aromatic heterocycles. The zero-order valence-corrected chi connectivity index (χ0v) is 16.0. The molecule has 3 aromatic rings. The van der Waals surface area contributed by atoms with Crippen LogP contribution in [0, 0.1) is 0 Å². The summed E-state index contributed by atoms with van der Waals surface area (Å²) in [5, 5.41) is 10.0. The number of thioether (sulfide) groups is 1. The minimum Gasteiger partial charge on any atom is -0.497 e. The van der Waals surface area contributed by atoms with Gasteiger partial charge < -0.3 is 9.47 Å². The zero-order chi connectivity index (χ0) is 18.5. The number of hydrogen-bond donors (Lipinski definition) is 0. The van der Waals surface area contributed by atoms with Gasteiger partial charge in [0.15, 0.2) is 11.0 Å². The van der Waals surface area contributed by atoms with Crippen LogP contribution >= 0.6 is 23.4 Å². The van der Waals surface area contributed by atoms with Crippen molar-refractivity contribution in [3.63, 3.8) is 0 Å². The molecule has 0 saturated carbocycles. The first-order valence-corrected chi connectivity index (χ1v) is 9.19. The van der Waals surface area contributed by atoms with Gasteiger partial charge in [0.1, 0.15) is 11.5 Å². The van der Waals surface area contributed by atoms with E-state index < -0.39 is 0 Å². The van der Waals surface area contributed by atoms with Crippen molar-refractivity contribution in [2.75, 3.05) is 20.0 Å². The van der Waals surface area contributed by atoms with E-state index >= 15 is 0 Å². The number of halogens is 1. The number of rotatable bonds is 7. The predicted octanol–water partition coefficient (Wildman–Crippen LogP) is 4.80. The number of benzene rings is 2. The van der Waals surface area contributed by atoms with E-state index in [0.717, 1.165) is 27.9 Å². The first-order chi connectivity index (χ1) is 12.6. The van der Waals surface area contributed by atoms with Gasteiger partial charge in [-0.1, -0.05) is 42.1 Å². The molecule has 0 N–H and O–H groups in total. The lowest BCUT2D eigenvalue weighted by atomic mass is 10.2. The Hall–Kier alpha value is -2.44. The molecule has 0 radical (unpaired) electrons. The molecule has 26 heavy (non-hydrogen) atoms. The molecule has 0 aliphatic rings. The van der Waals surface area contributed by atoms with Crippen molar-refractivity contribution in [3.8, 4) is 28.6 Å². The molecule has 2 aromatic carbocycles. The lowest BCUT2D eigenvalue weighted by Crippen LogP contribution is -2.01. The van der Waals surface area contributed by atoms with Crippen molar-refractivity contribution in [3.05, 3.63) is 60.1 Å². The zero-order valence-electron chi connectivity index (χ0n) is 14.5. The highest BCUT2D eigenvalue weighted by Crippen LogP contribution is 2.34. The fourth-order valence-corrected chi connectivity index (χ4v) is 3.34. The molecule has 0 atom stereocenters. The lowest BCUT2D eigenvalue weighted by Gasteiger charge is -2.12. The Labute approximate surface area is 161 Å². The summed E-state index contributed by atoms with van der Waals surface area (Å²) in [4.78, 5) is 0. The topological polar surface area (TPSA) is 49.2 Å². The van der Waals surface area contributed by atoms with Crippen LogP contribution in [0.4, 0.5) is 0 Å². The summed E-state index contributed by atoms with van der Waals surface area (Å²) in [5.41, 5.74) is 1.77. The third-order valence-electron chi connectivity index (χ3n) is 3.67. The number of para-hydroxylation sites is 1. The van der Waals surface area contributed by atoms with Gasteiger partial charge >= 0.3 is 0 Å². The van der Waals surface area contributed by atoms with Crippen LogP contribution in [-0.2, 0) is 0 Å². The summed E-state index contributed by atoms with van der Waals surface area (Å²) >= 11 is 7.40. The van der Waals surface area contributed by atoms with Crippen LogP contribution in [0.25, 0.3) is 17.1 Å². The average Bonchev–Trinajstić information content (AvgIpc) is 3.10. The van der Waals surface area contributed by atoms with Gasteiger partial charge in [-0.2, -0.15) is 0 Å². The number of hydrogen-bond acceptors (Lipinski definition) is 5. The smallest absolute Gasteiger partial charge is 0.196 e. The normalized spacial score (nSPS) is 10.6. The van der Waals surface area contributed by atoms with Gasteiger partial charge in [0, 0.05) is 10.8 Å². The third kappa shape index (κ3) is 3.86. The van der Waals surface area contributed by atoms with E-state index in [1.807, 2.05) is 53.1 Å². The van der Waals surface area contributed by atoms with E-state index in [0.29, 0.717) is 16.6 Å². The van der Waals surface area contributed by atoms with E-state index in [9.17, 15) is 0 Å². The maximum absolute atomic E-state index is 5.93. The van der Waals surface area contributed by atoms with Crippen LogP contribution in [0.2, 0.25) is 0 Å². The highest BCUT2D eigenvalue weighted by Gasteiger charge is 2.19. The molecule has 0 aliphatic carbocycles. The van der Waals surface area contributed by atoms with Crippen molar-refractivity contribution >= 4 is 23.4 Å². The molecule has 3 rings (SSSR count). The average molecular weight is 388 g/mol. The van der Waals surface area contributed by atoms with Crippen molar-refractivity contribution < 1.29 is 9.47 Å². The Kier molecular flexibility index (Phi) is 5.85. The highest BCUT2D eigenvalue weighted by atomic mass is 35.5. The molecule has 7 heteroatoms. The van der Waals surface area contributed by atoms with E-state index in [1.165, 1.54) is 11.8 Å². The van der Waals surface area contributed by atoms with Crippen LogP contribution in [0.3, 0.4) is 0 Å². The summed E-state index contributed by atoms with van der Waals surface area (Å²) < 4.78 is 12.7. The fraction of sp³-hybridized carbons (Fsp3) is 0.158. The monoisotopic (exact) mass is 387 g/mol. The molecule has 0 spiro atoms. The standard InChI is InChI=1S/C19H18ClN3O2S/c1-13(20)12-26-19-22-21-18(16-6-4-5-7-17(16)25-3)23(19)14-8-10-15(24-2)11-9-14/h4-11H,1,12H2,2-3H3. The van der Waals surface area contributed by atoms with Crippen LogP contribution in [0.15, 0.2) is 65.3 Å². The Bertz CT molecular complexity index is 909. The molecule has 0 aliphatic heterocycles. The minimum atomic E-state index is 0.543. The second-order valence-electron chi connectivity index (χ2n) is 5.35. The maximum Gasteiger partial charge on any atom is 0.196 e. The number of aromatic nitrogens is 3. The molecule has 0 amide bonds. The SMILES string of the molecule is C=C(Cl)CSc1nnc(-c2ccccc2OC)n1-c1ccc(OC)cc1. The van der Waals surface area contributed by atoms with Crippen LogP contribution in [0.5, 0.6) is 11.5 Å². The molecule has 0 fully saturated rings. The summed E-state index contributed by atoms with van der Waals surface area (Å²) in [5.74, 6) is 2.74. The third-order valence-corrected chi connectivity index (χ3v) is 4.98. The van der Waals surface area contributed by atoms with Crippen molar-refractivity contribution in [1.29, 1.82) is 0 Å². The van der Waals surface area contributed by atoms with Gasteiger partial charge in [-0.3, -0.25) is 4.57 Å². The van der Waals surface area contributed by atoms with Crippen LogP contribution in [0.1, 0.15) is 0 Å². The summed E-state index contributed by atoms with van der Waals surface area (Å²) in [7, 11) is 3.28. The highest BCUT2D eigenvalue weighted by molar-refractivity contribution is 7.99. The fourth-order valence-electron chi connectivity index (χ4n) is 2.47. The van der Waals surface area contributed by atoms with E-state index in [4.69, 9.17) is 21.1 Å². The molecule has 134 valence electrons. The molecule has 5 nitrogen and oxygen atoms in total. The Balaban J connectivity index is 2.13. The largest absolute Gasteiger partial charge is 0.497 e. The Morgan fingerprint density at radius 2 is 1.81 bits per heavy atom. The first kappa shape index (κ1) is 18.4. The summed E-state index contributed by atoms with van der Waals surface area (Å²) in [6, 6.07) is 15.4. The number of methoxy groups -OCH3 is 2. The molecule has 1 heterocycles. The Morgan fingerprint density at radius 1 is 1.08 bits per heavy atom. The van der Waals surface area contributed by atoms with Crippen molar-refractivity contribution in [2.24, 2.45) is 0 Å². The molecule has 0 bridgehead atoms. The van der Waals surface area contributed by atoms with Gasteiger partial charge in [-0.25, -0.2) is 0 Å². The maximum atomic E-state index is 5.93. The number of nitrogens with zero attached hydrogens (tertiary/aromatic N) is 3. The number of ether oxygens (including phenoxy) is 2. The van der Waals surface area contributed by atoms with E-state index in [2.05, 4.69) is 16.8 Å². The quantitative estimate of drug-likeness (QED) is 0.545. The lowest BCUT2D eigenvalue weighted by molar-refractivity contribution is 0.414. The first-order valence-electron chi connectivity index (χ1n) is 7.83. The van der Waals surface area contributed by atoms with Gasteiger partial charge in [0.05, 0.1) is 25.5 Å². The molecular weight excluding hydrogens is 370 g/mol. The van der Waals surface area contributed by atoms with E-state index in [1.54, 1.807) is 14.2 Å². The molecular formula is C19H18ClN3O2S. The van der Waals surface area contributed by atoms with Gasteiger partial charge in [0.2, 0.25) is 0 Å². The van der Waals surface area contributed by atoms with Gasteiger partial charge in [-0.05, 0) is 36.4 Å². The van der Waals surface area contributed by atoms with Gasteiger partial charge in [-0.15, -0.1) is 10.2 Å². The summed E-state index contributed by atoms with van der Waals surface area (Å²) in [6.07, 6.45) is 0. The summed E-state index contributed by atoms with van der Waals surface area (Å²) in [6.45, 7) is 3.74. The van der Waals surface area contributed by atoms with Crippen molar-refractivity contribution in [1.82, 2.24) is 14.8 Å². The van der Waals surface area contributed by atoms with E-state index in [-0.39, 0.29) is 0 Å².